The molecular weight excluding hydrogens is 184 g/mol. The summed E-state index contributed by atoms with van der Waals surface area (Å²) in [5.74, 6) is 0. The zero-order valence-corrected chi connectivity index (χ0v) is 10.5. The zero-order valence-electron chi connectivity index (χ0n) is 10.5. The van der Waals surface area contributed by atoms with Crippen LogP contribution in [0.4, 0.5) is 0 Å². The van der Waals surface area contributed by atoms with Gasteiger partial charge in [-0.25, -0.2) is 0 Å². The molecule has 1 heterocycles. The van der Waals surface area contributed by atoms with Crippen LogP contribution in [0.15, 0.2) is 0 Å². The second kappa shape index (κ2) is 4.06. The first kappa shape index (κ1) is 11.4. The van der Waals surface area contributed by atoms with Crippen molar-refractivity contribution in [2.75, 3.05) is 6.54 Å². The van der Waals surface area contributed by atoms with Crippen LogP contribution in [0.1, 0.15) is 52.9 Å². The molecule has 0 bridgehead atoms. The third kappa shape index (κ3) is 2.07. The minimum absolute atomic E-state index is 0.339. The molecule has 0 aromatic heterocycles. The molecule has 3 atom stereocenters. The average molecular weight is 210 g/mol. The maximum atomic E-state index is 6.46. The molecule has 0 aromatic rings. The van der Waals surface area contributed by atoms with E-state index in [-0.39, 0.29) is 0 Å². The van der Waals surface area contributed by atoms with Crippen molar-refractivity contribution < 1.29 is 0 Å². The van der Waals surface area contributed by atoms with Gasteiger partial charge in [0.05, 0.1) is 0 Å². The number of nitrogens with two attached hydrogens (primary N) is 1. The van der Waals surface area contributed by atoms with E-state index >= 15 is 0 Å². The summed E-state index contributed by atoms with van der Waals surface area (Å²) in [5.41, 5.74) is 6.80. The Morgan fingerprint density at radius 1 is 1.20 bits per heavy atom. The predicted molar refractivity (Wildman–Crippen MR) is 64.8 cm³/mol. The number of hydrogen-bond donors (Lipinski definition) is 1. The van der Waals surface area contributed by atoms with Gasteiger partial charge in [0, 0.05) is 18.1 Å². The van der Waals surface area contributed by atoms with E-state index in [0.717, 1.165) is 6.04 Å². The largest absolute Gasteiger partial charge is 0.326 e. The summed E-state index contributed by atoms with van der Waals surface area (Å²) in [6.45, 7) is 8.31. The standard InChI is InChI=1S/C13H26N2/c1-10-6-5-9-15(10)11-7-4-8-13(2,3)12(11)14/h10-12H,4-9,14H2,1-3H3. The molecule has 0 radical (unpaired) electrons. The van der Waals surface area contributed by atoms with E-state index in [4.69, 9.17) is 5.73 Å². The topological polar surface area (TPSA) is 29.3 Å². The van der Waals surface area contributed by atoms with Crippen LogP contribution in [-0.2, 0) is 0 Å². The summed E-state index contributed by atoms with van der Waals surface area (Å²) in [6, 6.07) is 1.77. The van der Waals surface area contributed by atoms with Gasteiger partial charge in [-0.3, -0.25) is 4.90 Å². The second-order valence-corrected chi connectivity index (χ2v) is 6.20. The van der Waals surface area contributed by atoms with E-state index in [0.29, 0.717) is 17.5 Å². The summed E-state index contributed by atoms with van der Waals surface area (Å²) < 4.78 is 0. The lowest BCUT2D eigenvalue weighted by Gasteiger charge is -2.46. The Morgan fingerprint density at radius 3 is 2.53 bits per heavy atom. The van der Waals surface area contributed by atoms with Crippen LogP contribution in [0.3, 0.4) is 0 Å². The number of hydrogen-bond acceptors (Lipinski definition) is 2. The van der Waals surface area contributed by atoms with E-state index < -0.39 is 0 Å². The molecule has 0 aromatic carbocycles. The lowest BCUT2D eigenvalue weighted by Crippen LogP contribution is -2.57. The fourth-order valence-corrected chi connectivity index (χ4v) is 3.45. The van der Waals surface area contributed by atoms with Crippen molar-refractivity contribution in [3.63, 3.8) is 0 Å². The fraction of sp³-hybridized carbons (Fsp3) is 1.00. The molecule has 2 nitrogen and oxygen atoms in total. The SMILES string of the molecule is CC1CCCN1C1CCCC(C)(C)C1N. The summed E-state index contributed by atoms with van der Waals surface area (Å²) in [7, 11) is 0. The molecule has 1 saturated carbocycles. The van der Waals surface area contributed by atoms with Crippen molar-refractivity contribution in [1.29, 1.82) is 0 Å². The lowest BCUT2D eigenvalue weighted by atomic mass is 9.70. The molecule has 15 heavy (non-hydrogen) atoms. The molecule has 88 valence electrons. The van der Waals surface area contributed by atoms with Crippen molar-refractivity contribution in [1.82, 2.24) is 4.90 Å². The van der Waals surface area contributed by atoms with Gasteiger partial charge >= 0.3 is 0 Å². The first-order chi connectivity index (χ1) is 7.02. The van der Waals surface area contributed by atoms with Crippen molar-refractivity contribution in [3.8, 4) is 0 Å². The Hall–Kier alpha value is -0.0800. The minimum Gasteiger partial charge on any atom is -0.326 e. The Bertz CT molecular complexity index is 223. The Morgan fingerprint density at radius 2 is 1.93 bits per heavy atom. The van der Waals surface area contributed by atoms with E-state index in [9.17, 15) is 0 Å². The predicted octanol–water partition coefficient (Wildman–Crippen LogP) is 2.38. The lowest BCUT2D eigenvalue weighted by molar-refractivity contribution is 0.0640. The highest BCUT2D eigenvalue weighted by atomic mass is 15.2. The zero-order chi connectivity index (χ0) is 11.1. The van der Waals surface area contributed by atoms with Crippen LogP contribution < -0.4 is 5.73 Å². The number of rotatable bonds is 1. The molecule has 2 N–H and O–H groups in total. The van der Waals surface area contributed by atoms with Gasteiger partial charge in [-0.2, -0.15) is 0 Å². The van der Waals surface area contributed by atoms with Gasteiger partial charge in [0.2, 0.25) is 0 Å². The highest BCUT2D eigenvalue weighted by molar-refractivity contribution is 4.98. The van der Waals surface area contributed by atoms with Gasteiger partial charge in [-0.15, -0.1) is 0 Å². The van der Waals surface area contributed by atoms with Gasteiger partial charge in [0.1, 0.15) is 0 Å². The number of likely N-dealkylation sites (tertiary alicyclic amines) is 1. The highest BCUT2D eigenvalue weighted by Gasteiger charge is 2.41. The second-order valence-electron chi connectivity index (χ2n) is 6.20. The average Bonchev–Trinajstić information content (AvgIpc) is 2.57. The van der Waals surface area contributed by atoms with Crippen LogP contribution in [0.2, 0.25) is 0 Å². The van der Waals surface area contributed by atoms with Gasteiger partial charge in [0.25, 0.3) is 0 Å². The van der Waals surface area contributed by atoms with Gasteiger partial charge in [0.15, 0.2) is 0 Å². The van der Waals surface area contributed by atoms with E-state index in [1.807, 2.05) is 0 Å². The molecule has 2 fully saturated rings. The molecule has 3 unspecified atom stereocenters. The third-order valence-electron chi connectivity index (χ3n) is 4.67. The highest BCUT2D eigenvalue weighted by Crippen LogP contribution is 2.38. The van der Waals surface area contributed by atoms with Crippen molar-refractivity contribution >= 4 is 0 Å². The van der Waals surface area contributed by atoms with Crippen LogP contribution >= 0.6 is 0 Å². The fourth-order valence-electron chi connectivity index (χ4n) is 3.45. The molecular formula is C13H26N2. The molecule has 1 aliphatic carbocycles. The maximum absolute atomic E-state index is 6.46. The van der Waals surface area contributed by atoms with E-state index in [1.165, 1.54) is 38.6 Å². The van der Waals surface area contributed by atoms with E-state index in [2.05, 4.69) is 25.7 Å². The Labute approximate surface area is 94.2 Å². The Balaban J connectivity index is 2.08. The third-order valence-corrected chi connectivity index (χ3v) is 4.67. The molecule has 2 aliphatic rings. The summed E-state index contributed by atoms with van der Waals surface area (Å²) >= 11 is 0. The van der Waals surface area contributed by atoms with Crippen LogP contribution in [0.25, 0.3) is 0 Å². The molecule has 0 spiro atoms. The molecule has 1 aliphatic heterocycles. The molecule has 2 heteroatoms. The van der Waals surface area contributed by atoms with Crippen molar-refractivity contribution in [2.24, 2.45) is 11.1 Å². The van der Waals surface area contributed by atoms with Crippen molar-refractivity contribution in [3.05, 3.63) is 0 Å². The first-order valence-corrected chi connectivity index (χ1v) is 6.54. The summed E-state index contributed by atoms with van der Waals surface area (Å²) in [6.07, 6.45) is 6.70. The number of nitrogens with zero attached hydrogens (tertiary/aromatic N) is 1. The Kier molecular flexibility index (Phi) is 3.09. The van der Waals surface area contributed by atoms with Crippen molar-refractivity contribution in [2.45, 2.75) is 71.0 Å². The maximum Gasteiger partial charge on any atom is 0.0255 e. The molecule has 2 rings (SSSR count). The first-order valence-electron chi connectivity index (χ1n) is 6.54. The van der Waals surface area contributed by atoms with Crippen LogP contribution in [-0.4, -0.2) is 29.6 Å². The van der Waals surface area contributed by atoms with Crippen LogP contribution in [0.5, 0.6) is 0 Å². The monoisotopic (exact) mass is 210 g/mol. The molecule has 1 saturated heterocycles. The smallest absolute Gasteiger partial charge is 0.0255 e. The molecule has 0 amide bonds. The normalized spacial score (nSPS) is 42.0. The van der Waals surface area contributed by atoms with E-state index in [1.54, 1.807) is 0 Å². The van der Waals surface area contributed by atoms with Gasteiger partial charge < -0.3 is 5.73 Å². The van der Waals surface area contributed by atoms with Gasteiger partial charge in [-0.05, 0) is 44.6 Å². The summed E-state index contributed by atoms with van der Waals surface area (Å²) in [5, 5.41) is 0. The van der Waals surface area contributed by atoms with Crippen LogP contribution in [0, 0.1) is 5.41 Å². The summed E-state index contributed by atoms with van der Waals surface area (Å²) in [4.78, 5) is 2.67. The quantitative estimate of drug-likeness (QED) is 0.720. The minimum atomic E-state index is 0.339. The van der Waals surface area contributed by atoms with Gasteiger partial charge in [-0.1, -0.05) is 20.3 Å².